The second-order valence-corrected chi connectivity index (χ2v) is 25.5. The maximum atomic E-state index is 13.9. The monoisotopic (exact) mass is 1560 g/mol. The zero-order valence-electron chi connectivity index (χ0n) is 60.5. The van der Waals surface area contributed by atoms with Gasteiger partial charge in [-0.25, -0.2) is 42.5 Å². The van der Waals surface area contributed by atoms with Crippen molar-refractivity contribution in [1.82, 2.24) is 0 Å². The van der Waals surface area contributed by atoms with Gasteiger partial charge in [-0.15, -0.1) is 46.4 Å². The fraction of sp³-hybridized carbons (Fsp3) is 0.288. The molecule has 565 valence electrons. The largest absolute Gasteiger partial charge is 1.00 e. The average Bonchev–Trinajstić information content (AvgIpc) is 1.63. The molecule has 106 heavy (non-hydrogen) atoms. The number of carboxylic acids is 2. The Morgan fingerprint density at radius 2 is 0.821 bits per heavy atom. The number of carbonyl (C=O) groups excluding carboxylic acids is 8. The Morgan fingerprint density at radius 1 is 0.519 bits per heavy atom. The van der Waals surface area contributed by atoms with Gasteiger partial charge in [0.2, 0.25) is 0 Å². The van der Waals surface area contributed by atoms with Crippen LogP contribution in [0.4, 0.5) is 58.2 Å². The quantitative estimate of drug-likeness (QED) is 0.0244. The Hall–Kier alpha value is -11.0. The third-order valence-electron chi connectivity index (χ3n) is 12.0. The van der Waals surface area contributed by atoms with Gasteiger partial charge in [-0.3, -0.25) is 25.0 Å². The van der Waals surface area contributed by atoms with E-state index in [9.17, 15) is 47.1 Å². The molecule has 0 unspecified atom stereocenters. The minimum absolute atomic E-state index is 0. The molecular weight excluding hydrogens is 1480 g/mol. The second kappa shape index (κ2) is 44.0. The number of nitrogens with two attached hydrogens (primary N) is 7. The van der Waals surface area contributed by atoms with Crippen molar-refractivity contribution in [3.63, 3.8) is 0 Å². The van der Waals surface area contributed by atoms with E-state index in [1.807, 2.05) is 26.0 Å². The van der Waals surface area contributed by atoms with Crippen LogP contribution in [0.3, 0.4) is 0 Å². The van der Waals surface area contributed by atoms with Crippen molar-refractivity contribution in [1.29, 1.82) is 10.5 Å². The third kappa shape index (κ3) is 28.2. The number of hydrogen-bond donors (Lipinski definition) is 11. The van der Waals surface area contributed by atoms with Crippen LogP contribution in [-0.2, 0) is 33.6 Å². The van der Waals surface area contributed by atoms with Gasteiger partial charge in [-0.2, -0.15) is 10.5 Å². The fourth-order valence-electron chi connectivity index (χ4n) is 8.06. The number of nitrogens with one attached hydrogen (secondary N) is 3. The van der Waals surface area contributed by atoms with Crippen LogP contribution in [0.2, 0.25) is 0 Å². The summed E-state index contributed by atoms with van der Waals surface area (Å²) in [4.78, 5) is 105. The number of nitrogen functional groups attached to an aromatic ring is 4. The van der Waals surface area contributed by atoms with Crippen LogP contribution in [0.25, 0.3) is 30.3 Å². The Balaban J connectivity index is 0. The number of anilines is 7. The molecule has 8 aromatic rings. The third-order valence-corrected chi connectivity index (χ3v) is 15.7. The van der Waals surface area contributed by atoms with Crippen molar-refractivity contribution < 1.29 is 135 Å². The SMILES string of the molecule is CC(=O)OOC(C)=O.CC(=O)[O-].COc1ccc(C(=O)O)c(F)c1C#N.COc1ccc(N)c2sc(C(N)=O)c(N)c12.COc1ccc(NC(=O)OC(C)(C)C)c(F)c1C#N.COc1ccc(NC(=O)OC(C)(C)C)c2sc(C(N)=O)c(N)c12.COc1ccc(NC(C)C)c2sc(C(N)=O)c(N)c12.Cl.[B].[Na+]. The van der Waals surface area contributed by atoms with Crippen molar-refractivity contribution in [2.45, 2.75) is 93.4 Å². The molecule has 0 saturated heterocycles. The molecule has 0 bridgehead atoms. The Kier molecular flexibility index (Phi) is 40.3. The molecule has 5 aromatic carbocycles. The van der Waals surface area contributed by atoms with Gasteiger partial charge >= 0.3 is 59.7 Å². The van der Waals surface area contributed by atoms with Gasteiger partial charge in [-0.1, -0.05) is 0 Å². The van der Waals surface area contributed by atoms with Crippen molar-refractivity contribution in [3.8, 4) is 40.9 Å². The molecule has 5 amide bonds. The Bertz CT molecular complexity index is 4560. The number of halogens is 3. The van der Waals surface area contributed by atoms with E-state index >= 15 is 0 Å². The first-order valence-electron chi connectivity index (χ1n) is 29.3. The first kappa shape index (κ1) is 97.1. The molecule has 0 aliphatic carbocycles. The van der Waals surface area contributed by atoms with Gasteiger partial charge in [0.05, 0.1) is 105 Å². The minimum atomic E-state index is -1.42. The summed E-state index contributed by atoms with van der Waals surface area (Å²) in [5, 5.41) is 45.1. The predicted octanol–water partition coefficient (Wildman–Crippen LogP) is 6.81. The molecule has 0 aliphatic rings. The number of benzene rings is 5. The summed E-state index contributed by atoms with van der Waals surface area (Å²) in [7, 11) is 7.21. The van der Waals surface area contributed by atoms with E-state index in [0.717, 1.165) is 58.6 Å². The molecule has 3 radical (unpaired) electrons. The van der Waals surface area contributed by atoms with E-state index in [2.05, 4.69) is 25.7 Å². The Morgan fingerprint density at radius 3 is 1.15 bits per heavy atom. The molecule has 32 nitrogen and oxygen atoms in total. The zero-order chi connectivity index (χ0) is 78.9. The van der Waals surface area contributed by atoms with E-state index in [1.165, 1.54) is 69.3 Å². The number of thiophene rings is 3. The van der Waals surface area contributed by atoms with Gasteiger partial charge in [-0.05, 0) is 123 Å². The van der Waals surface area contributed by atoms with Crippen LogP contribution >= 0.6 is 46.4 Å². The van der Waals surface area contributed by atoms with Gasteiger partial charge in [0, 0.05) is 40.0 Å². The van der Waals surface area contributed by atoms with E-state index < -0.39 is 87.7 Å². The topological polar surface area (TPSA) is 546 Å². The van der Waals surface area contributed by atoms with Crippen molar-refractivity contribution in [2.75, 3.05) is 74.4 Å². The Labute approximate surface area is 649 Å². The summed E-state index contributed by atoms with van der Waals surface area (Å²) in [6.07, 6.45) is -1.39. The number of rotatable bonds is 13. The summed E-state index contributed by atoms with van der Waals surface area (Å²) < 4.78 is 65.0. The smallest absolute Gasteiger partial charge is 0.550 e. The van der Waals surface area contributed by atoms with E-state index in [4.69, 9.17) is 98.8 Å². The zero-order valence-corrected chi connectivity index (χ0v) is 65.7. The number of fused-ring (bicyclic) bond motifs is 3. The van der Waals surface area contributed by atoms with E-state index in [0.29, 0.717) is 65.2 Å². The number of primary amides is 3. The average molecular weight is 1560 g/mol. The van der Waals surface area contributed by atoms with E-state index in [-0.39, 0.29) is 89.7 Å². The number of aliphatic carboxylic acids is 1. The number of carbonyl (C=O) groups is 9. The van der Waals surface area contributed by atoms with Crippen LogP contribution in [0.1, 0.15) is 127 Å². The summed E-state index contributed by atoms with van der Waals surface area (Å²) in [5.74, 6) is -5.55. The number of aromatic carboxylic acids is 1. The first-order valence-corrected chi connectivity index (χ1v) is 31.7. The number of carboxylic acid groups (broad SMARTS) is 2. The molecule has 3 heterocycles. The van der Waals surface area contributed by atoms with Crippen LogP contribution in [0.5, 0.6) is 28.7 Å². The van der Waals surface area contributed by atoms with Gasteiger partial charge in [0.25, 0.3) is 17.7 Å². The summed E-state index contributed by atoms with van der Waals surface area (Å²) >= 11 is 3.57. The normalized spacial score (nSPS) is 9.93. The number of nitrogens with zero attached hydrogens (tertiary/aromatic N) is 2. The van der Waals surface area contributed by atoms with Crippen LogP contribution in [0, 0.1) is 34.3 Å². The number of methoxy groups -OCH3 is 5. The maximum Gasteiger partial charge on any atom is 1.00 e. The van der Waals surface area contributed by atoms with E-state index in [1.54, 1.807) is 85.1 Å². The van der Waals surface area contributed by atoms with Crippen LogP contribution in [-0.4, -0.2) is 120 Å². The van der Waals surface area contributed by atoms with Gasteiger partial charge < -0.3 is 93.6 Å². The molecule has 18 N–H and O–H groups in total. The maximum absolute atomic E-state index is 13.9. The molecule has 0 atom stereocenters. The van der Waals surface area contributed by atoms with Crippen LogP contribution < -0.4 is 114 Å². The molecule has 3 aromatic heterocycles. The molecule has 0 saturated carbocycles. The second-order valence-electron chi connectivity index (χ2n) is 22.5. The minimum Gasteiger partial charge on any atom is -0.550 e. The number of nitriles is 2. The molecule has 0 spiro atoms. The molecule has 8 rings (SSSR count). The van der Waals surface area contributed by atoms with Crippen molar-refractivity contribution >= 4 is 179 Å². The standard InChI is InChI=1S/C15H19N3O4S.C13H15FN2O3.C13H17N3O2S.C10H11N3O2S.C9H6FNO3.C4H6O4.C2H4O2.B.ClH.Na/c1-15(2,3)22-14(20)18-7-5-6-8(21-4)9-10(16)12(13(17)19)23-11(7)9;1-13(2,3)19-12(17)16-9-5-6-10(18-4)8(7-15)11(9)14;1-6(2)16-7-4-5-8(18-3)9-10(14)12(13(15)17)19-11(7)9;1-15-5-3-2-4(11)8-6(5)7(12)9(16-8)10(13)14;1-14-7-3-2-5(9(12)13)8(10)6(7)4-11;1-3(5)7-8-4(2)6;1-2(3)4;;;/h5-6H,16H2,1-4H3,(H2,17,19)(H,18,20);5-6H,1-4H3,(H,16,17);4-6,16H,14H2,1-3H3,(H2,15,17);2-3H,11-12H2,1H3,(H2,13,14);2-3H,1H3,(H,12,13);1-2H3;1H3,(H,3,4);;1H;/q;;;;;;;;;+1/p-1. The number of ether oxygens (including phenoxy) is 7. The van der Waals surface area contributed by atoms with Crippen LogP contribution in [0.15, 0.2) is 60.7 Å². The van der Waals surface area contributed by atoms with Gasteiger partial charge in [0.15, 0.2) is 11.6 Å². The molecular formula is C66H78BClF2N12NaO20S3. The first-order chi connectivity index (χ1) is 47.9. The number of hydrogen-bond acceptors (Lipinski definition) is 29. The van der Waals surface area contributed by atoms with Crippen molar-refractivity contribution in [2.24, 2.45) is 17.2 Å². The summed E-state index contributed by atoms with van der Waals surface area (Å²) in [6.45, 7) is 17.7. The predicted molar refractivity (Wildman–Crippen MR) is 396 cm³/mol. The molecule has 0 fully saturated rings. The fourth-order valence-corrected chi connectivity index (χ4v) is 11.2. The molecule has 40 heteroatoms. The van der Waals surface area contributed by atoms with Crippen molar-refractivity contribution in [3.05, 3.63) is 104 Å². The summed E-state index contributed by atoms with van der Waals surface area (Å²) in [6, 6.07) is 19.0. The van der Waals surface area contributed by atoms with Gasteiger partial charge in [0.1, 0.15) is 77.8 Å². The number of amides is 5. The summed E-state index contributed by atoms with van der Waals surface area (Å²) in [5.41, 5.74) is 39.9. The molecule has 0 aliphatic heterocycles.